The van der Waals surface area contributed by atoms with Gasteiger partial charge in [-0.15, -0.1) is 11.3 Å². The maximum Gasteiger partial charge on any atom is 0.243 e. The van der Waals surface area contributed by atoms with E-state index in [2.05, 4.69) is 4.72 Å². The Hall–Kier alpha value is -0.320. The van der Waals surface area contributed by atoms with Crippen LogP contribution in [0.5, 0.6) is 0 Å². The van der Waals surface area contributed by atoms with Gasteiger partial charge in [0.25, 0.3) is 0 Å². The summed E-state index contributed by atoms with van der Waals surface area (Å²) in [7, 11) is -3.68. The number of thiophene rings is 1. The van der Waals surface area contributed by atoms with Gasteiger partial charge in [-0.3, -0.25) is 0 Å². The molecule has 0 aliphatic rings. The average Bonchev–Trinajstić information content (AvgIpc) is 2.55. The fourth-order valence-corrected chi connectivity index (χ4v) is 4.14. The number of nitrogens with zero attached hydrogens (tertiary/aromatic N) is 1. The van der Waals surface area contributed by atoms with Crippen LogP contribution >= 0.6 is 34.5 Å². The second kappa shape index (κ2) is 5.34. The smallest absolute Gasteiger partial charge is 0.210 e. The molecular weight excluding hydrogens is 291 g/mol. The van der Waals surface area contributed by atoms with E-state index in [4.69, 9.17) is 28.5 Å². The molecule has 0 saturated carbocycles. The fraction of sp³-hybridized carbons (Fsp3) is 0.375. The Kier molecular flexibility index (Phi) is 4.59. The van der Waals surface area contributed by atoms with Gasteiger partial charge in [-0.2, -0.15) is 5.26 Å². The quantitative estimate of drug-likeness (QED) is 0.928. The SMILES string of the molecule is CC(C#N)CNS(=O)(=O)c1cc(Cl)sc1Cl. The van der Waals surface area contributed by atoms with Crippen LogP contribution in [0.3, 0.4) is 0 Å². The molecule has 0 spiro atoms. The summed E-state index contributed by atoms with van der Waals surface area (Å²) in [6.07, 6.45) is 0. The van der Waals surface area contributed by atoms with E-state index >= 15 is 0 Å². The van der Waals surface area contributed by atoms with Crippen molar-refractivity contribution >= 4 is 44.6 Å². The van der Waals surface area contributed by atoms with Crippen molar-refractivity contribution in [3.8, 4) is 6.07 Å². The molecule has 0 amide bonds. The average molecular weight is 299 g/mol. The first kappa shape index (κ1) is 13.7. The van der Waals surface area contributed by atoms with Crippen molar-refractivity contribution in [2.75, 3.05) is 6.54 Å². The molecule has 4 nitrogen and oxygen atoms in total. The molecule has 1 unspecified atom stereocenters. The standard InChI is InChI=1S/C8H8Cl2N2O2S2/c1-5(3-11)4-12-16(13,14)6-2-7(9)15-8(6)10/h2,5,12H,4H2,1H3. The van der Waals surface area contributed by atoms with Gasteiger partial charge in [0.1, 0.15) is 9.23 Å². The number of sulfonamides is 1. The van der Waals surface area contributed by atoms with Gasteiger partial charge in [0.2, 0.25) is 10.0 Å². The highest BCUT2D eigenvalue weighted by molar-refractivity contribution is 7.89. The lowest BCUT2D eigenvalue weighted by Crippen LogP contribution is -2.27. The number of hydrogen-bond donors (Lipinski definition) is 1. The maximum absolute atomic E-state index is 11.7. The topological polar surface area (TPSA) is 70.0 Å². The molecule has 0 aliphatic carbocycles. The molecule has 1 heterocycles. The van der Waals surface area contributed by atoms with Crippen LogP contribution in [0.1, 0.15) is 6.92 Å². The van der Waals surface area contributed by atoms with E-state index in [1.165, 1.54) is 6.07 Å². The summed E-state index contributed by atoms with van der Waals surface area (Å²) in [6, 6.07) is 3.21. The third kappa shape index (κ3) is 3.34. The number of hydrogen-bond acceptors (Lipinski definition) is 4. The number of halogens is 2. The first-order valence-electron chi connectivity index (χ1n) is 4.21. The zero-order valence-electron chi connectivity index (χ0n) is 8.20. The van der Waals surface area contributed by atoms with Gasteiger partial charge in [-0.05, 0) is 13.0 Å². The summed E-state index contributed by atoms with van der Waals surface area (Å²) in [5.41, 5.74) is 0. The Morgan fingerprint density at radius 2 is 2.25 bits per heavy atom. The monoisotopic (exact) mass is 298 g/mol. The molecular formula is C8H8Cl2N2O2S2. The lowest BCUT2D eigenvalue weighted by molar-refractivity contribution is 0.573. The van der Waals surface area contributed by atoms with Crippen molar-refractivity contribution in [3.05, 3.63) is 14.7 Å². The Bertz CT molecular complexity index is 519. The molecule has 88 valence electrons. The van der Waals surface area contributed by atoms with Crippen molar-refractivity contribution < 1.29 is 8.42 Å². The molecule has 0 saturated heterocycles. The van der Waals surface area contributed by atoms with Gasteiger partial charge >= 0.3 is 0 Å². The van der Waals surface area contributed by atoms with Crippen LogP contribution in [0, 0.1) is 17.2 Å². The first-order chi connectivity index (χ1) is 7.36. The molecule has 0 aromatic carbocycles. The Balaban J connectivity index is 2.87. The molecule has 1 aromatic rings. The third-order valence-electron chi connectivity index (χ3n) is 1.71. The highest BCUT2D eigenvalue weighted by Gasteiger charge is 2.21. The van der Waals surface area contributed by atoms with E-state index < -0.39 is 15.9 Å². The lowest BCUT2D eigenvalue weighted by Gasteiger charge is -2.06. The summed E-state index contributed by atoms with van der Waals surface area (Å²) >= 11 is 12.4. The van der Waals surface area contributed by atoms with Gasteiger partial charge in [0, 0.05) is 6.54 Å². The fourth-order valence-electron chi connectivity index (χ4n) is 0.866. The molecule has 0 radical (unpaired) electrons. The van der Waals surface area contributed by atoms with Crippen LogP contribution in [0.25, 0.3) is 0 Å². The van der Waals surface area contributed by atoms with Crippen LogP contribution in [0.4, 0.5) is 0 Å². The van der Waals surface area contributed by atoms with E-state index in [0.29, 0.717) is 4.34 Å². The minimum atomic E-state index is -3.68. The number of nitrogens with one attached hydrogen (secondary N) is 1. The predicted molar refractivity (Wildman–Crippen MR) is 64.3 cm³/mol. The largest absolute Gasteiger partial charge is 0.243 e. The zero-order chi connectivity index (χ0) is 12.3. The highest BCUT2D eigenvalue weighted by atomic mass is 35.5. The highest BCUT2D eigenvalue weighted by Crippen LogP contribution is 2.33. The van der Waals surface area contributed by atoms with Crippen molar-refractivity contribution in [1.82, 2.24) is 4.72 Å². The molecule has 1 aromatic heterocycles. The summed E-state index contributed by atoms with van der Waals surface area (Å²) in [6.45, 7) is 1.66. The van der Waals surface area contributed by atoms with Crippen molar-refractivity contribution in [2.45, 2.75) is 11.8 Å². The molecule has 8 heteroatoms. The van der Waals surface area contributed by atoms with E-state index in [1.54, 1.807) is 6.92 Å². The molecule has 0 bridgehead atoms. The van der Waals surface area contributed by atoms with Gasteiger partial charge in [0.15, 0.2) is 0 Å². The van der Waals surface area contributed by atoms with Crippen LogP contribution < -0.4 is 4.72 Å². The van der Waals surface area contributed by atoms with E-state index in [0.717, 1.165) is 11.3 Å². The van der Waals surface area contributed by atoms with Crippen molar-refractivity contribution in [1.29, 1.82) is 5.26 Å². The van der Waals surface area contributed by atoms with E-state index in [1.807, 2.05) is 6.07 Å². The van der Waals surface area contributed by atoms with Gasteiger partial charge in [-0.1, -0.05) is 23.2 Å². The van der Waals surface area contributed by atoms with Gasteiger partial charge < -0.3 is 0 Å². The summed E-state index contributed by atoms with van der Waals surface area (Å²) in [5.74, 6) is -0.400. The summed E-state index contributed by atoms with van der Waals surface area (Å²) in [4.78, 5) is -0.0469. The second-order valence-corrected chi connectivity index (χ2v) is 7.09. The molecule has 16 heavy (non-hydrogen) atoms. The Morgan fingerprint density at radius 1 is 1.62 bits per heavy atom. The van der Waals surface area contributed by atoms with Crippen molar-refractivity contribution in [3.63, 3.8) is 0 Å². The normalized spacial score (nSPS) is 13.4. The lowest BCUT2D eigenvalue weighted by atomic mass is 10.2. The van der Waals surface area contributed by atoms with Gasteiger partial charge in [0.05, 0.1) is 16.3 Å². The molecule has 0 fully saturated rings. The van der Waals surface area contributed by atoms with Crippen LogP contribution in [0.2, 0.25) is 8.67 Å². The zero-order valence-corrected chi connectivity index (χ0v) is 11.3. The second-order valence-electron chi connectivity index (χ2n) is 3.07. The Morgan fingerprint density at radius 3 is 2.69 bits per heavy atom. The maximum atomic E-state index is 11.7. The summed E-state index contributed by atoms with van der Waals surface area (Å²) < 4.78 is 26.2. The Labute approximate surface area is 108 Å². The first-order valence-corrected chi connectivity index (χ1v) is 7.26. The molecule has 1 atom stereocenters. The molecule has 1 rings (SSSR count). The van der Waals surface area contributed by atoms with Crippen LogP contribution in [-0.2, 0) is 10.0 Å². The minimum Gasteiger partial charge on any atom is -0.210 e. The molecule has 1 N–H and O–H groups in total. The predicted octanol–water partition coefficient (Wildman–Crippen LogP) is 2.49. The summed E-state index contributed by atoms with van der Waals surface area (Å²) in [5, 5.41) is 8.53. The van der Waals surface area contributed by atoms with Crippen LogP contribution in [-0.4, -0.2) is 15.0 Å². The van der Waals surface area contributed by atoms with Crippen LogP contribution in [0.15, 0.2) is 11.0 Å². The molecule has 0 aliphatic heterocycles. The van der Waals surface area contributed by atoms with E-state index in [-0.39, 0.29) is 15.8 Å². The number of rotatable bonds is 4. The van der Waals surface area contributed by atoms with Crippen molar-refractivity contribution in [2.24, 2.45) is 5.92 Å². The number of nitriles is 1. The van der Waals surface area contributed by atoms with E-state index in [9.17, 15) is 8.42 Å². The minimum absolute atomic E-state index is 0.0443. The third-order valence-corrected chi connectivity index (χ3v) is 4.89. The van der Waals surface area contributed by atoms with Gasteiger partial charge in [-0.25, -0.2) is 13.1 Å².